The van der Waals surface area contributed by atoms with Crippen LogP contribution < -0.4 is 0 Å². The van der Waals surface area contributed by atoms with Crippen molar-refractivity contribution >= 4 is 32.7 Å². The summed E-state index contributed by atoms with van der Waals surface area (Å²) in [5, 5.41) is 4.61. The molecule has 7 aromatic carbocycles. The Morgan fingerprint density at radius 1 is 0.340 bits per heavy atom. The van der Waals surface area contributed by atoms with Crippen LogP contribution in [0.5, 0.6) is 0 Å². The van der Waals surface area contributed by atoms with Gasteiger partial charge in [-0.15, -0.1) is 0 Å². The lowest BCUT2D eigenvalue weighted by Crippen LogP contribution is -2.00. The third kappa shape index (κ3) is 4.05. The van der Waals surface area contributed by atoms with Gasteiger partial charge in [0.05, 0.1) is 0 Å². The molecule has 10 rings (SSSR count). The summed E-state index contributed by atoms with van der Waals surface area (Å²) in [4.78, 5) is 15.2. The molecule has 0 amide bonds. The predicted molar refractivity (Wildman–Crippen MR) is 191 cm³/mol. The maximum Gasteiger partial charge on any atom is 0.164 e. The van der Waals surface area contributed by atoms with Gasteiger partial charge in [-0.25, -0.2) is 15.0 Å². The van der Waals surface area contributed by atoms with Gasteiger partial charge in [0.1, 0.15) is 11.2 Å². The number of hydrogen-bond donors (Lipinski definition) is 0. The van der Waals surface area contributed by atoms with Crippen molar-refractivity contribution in [3.63, 3.8) is 0 Å². The van der Waals surface area contributed by atoms with Gasteiger partial charge < -0.3 is 4.42 Å². The second kappa shape index (κ2) is 10.1. The molecule has 4 nitrogen and oxygen atoms in total. The van der Waals surface area contributed by atoms with Gasteiger partial charge in [0.25, 0.3) is 0 Å². The fourth-order valence-corrected chi connectivity index (χ4v) is 7.12. The highest BCUT2D eigenvalue weighted by atomic mass is 16.3. The highest BCUT2D eigenvalue weighted by Crippen LogP contribution is 2.48. The van der Waals surface area contributed by atoms with Crippen molar-refractivity contribution in [1.82, 2.24) is 15.0 Å². The van der Waals surface area contributed by atoms with Gasteiger partial charge in [-0.3, -0.25) is 0 Å². The SMILES string of the molecule is c1ccc(-c2nc(-c3cccc(-c4cc5c6c(cccc6c4)-c4ccccc4-5)c3)nc(-c3cccc4oc5ccccc5c34)n2)cc1. The zero-order chi connectivity index (χ0) is 30.9. The molecular weight excluding hydrogens is 574 g/mol. The molecule has 0 unspecified atom stereocenters. The van der Waals surface area contributed by atoms with Crippen molar-refractivity contribution in [2.45, 2.75) is 0 Å². The Labute approximate surface area is 270 Å². The van der Waals surface area contributed by atoms with E-state index in [-0.39, 0.29) is 0 Å². The van der Waals surface area contributed by atoms with E-state index in [2.05, 4.69) is 91.0 Å². The minimum atomic E-state index is 0.611. The van der Waals surface area contributed by atoms with Crippen molar-refractivity contribution < 1.29 is 4.42 Å². The van der Waals surface area contributed by atoms with Crippen molar-refractivity contribution in [3.05, 3.63) is 152 Å². The third-order valence-corrected chi connectivity index (χ3v) is 9.25. The maximum atomic E-state index is 6.21. The van der Waals surface area contributed by atoms with Crippen molar-refractivity contribution in [3.8, 4) is 67.5 Å². The average Bonchev–Trinajstić information content (AvgIpc) is 3.69. The smallest absolute Gasteiger partial charge is 0.164 e. The van der Waals surface area contributed by atoms with Crippen molar-refractivity contribution in [2.24, 2.45) is 0 Å². The minimum Gasteiger partial charge on any atom is -0.456 e. The average molecular weight is 600 g/mol. The number of fused-ring (bicyclic) bond motifs is 6. The molecule has 0 radical (unpaired) electrons. The summed E-state index contributed by atoms with van der Waals surface area (Å²) in [6, 6.07) is 52.7. The Morgan fingerprint density at radius 2 is 0.957 bits per heavy atom. The maximum absolute atomic E-state index is 6.21. The zero-order valence-corrected chi connectivity index (χ0v) is 25.2. The van der Waals surface area contributed by atoms with Crippen LogP contribution in [0.2, 0.25) is 0 Å². The number of rotatable bonds is 4. The van der Waals surface area contributed by atoms with Gasteiger partial charge in [-0.05, 0) is 74.5 Å². The molecule has 47 heavy (non-hydrogen) atoms. The highest BCUT2D eigenvalue weighted by molar-refractivity contribution is 6.16. The molecule has 0 saturated heterocycles. The largest absolute Gasteiger partial charge is 0.456 e. The predicted octanol–water partition coefficient (Wildman–Crippen LogP) is 11.2. The molecule has 0 bridgehead atoms. The lowest BCUT2D eigenvalue weighted by Gasteiger charge is -2.11. The Morgan fingerprint density at radius 3 is 1.85 bits per heavy atom. The fraction of sp³-hybridized carbons (Fsp3) is 0. The van der Waals surface area contributed by atoms with Gasteiger partial charge in [-0.2, -0.15) is 0 Å². The number of para-hydroxylation sites is 1. The highest BCUT2D eigenvalue weighted by Gasteiger charge is 2.22. The molecule has 1 aliphatic carbocycles. The molecule has 9 aromatic rings. The molecule has 0 aliphatic heterocycles. The Hall–Kier alpha value is -6.39. The number of furan rings is 1. The van der Waals surface area contributed by atoms with Gasteiger partial charge >= 0.3 is 0 Å². The minimum absolute atomic E-state index is 0.611. The van der Waals surface area contributed by atoms with Crippen LogP contribution in [0.4, 0.5) is 0 Å². The first-order chi connectivity index (χ1) is 23.3. The molecule has 1 aliphatic rings. The summed E-state index contributed by atoms with van der Waals surface area (Å²) < 4.78 is 6.21. The van der Waals surface area contributed by atoms with Crippen LogP contribution in [0.15, 0.2) is 156 Å². The van der Waals surface area contributed by atoms with Crippen molar-refractivity contribution in [1.29, 1.82) is 0 Å². The van der Waals surface area contributed by atoms with E-state index in [4.69, 9.17) is 19.4 Å². The Balaban J connectivity index is 1.16. The van der Waals surface area contributed by atoms with Gasteiger partial charge in [-0.1, -0.05) is 121 Å². The monoisotopic (exact) mass is 599 g/mol. The summed E-state index contributed by atoms with van der Waals surface area (Å²) in [6.45, 7) is 0. The first-order valence-corrected chi connectivity index (χ1v) is 15.8. The lowest BCUT2D eigenvalue weighted by molar-refractivity contribution is 0.669. The molecule has 0 saturated carbocycles. The topological polar surface area (TPSA) is 51.8 Å². The van der Waals surface area contributed by atoms with Crippen LogP contribution in [0.25, 0.3) is 100 Å². The van der Waals surface area contributed by atoms with E-state index < -0.39 is 0 Å². The first-order valence-electron chi connectivity index (χ1n) is 15.8. The van der Waals surface area contributed by atoms with Crippen molar-refractivity contribution in [2.75, 3.05) is 0 Å². The van der Waals surface area contributed by atoms with E-state index in [1.54, 1.807) is 0 Å². The number of benzene rings is 7. The van der Waals surface area contributed by atoms with Gasteiger partial charge in [0.15, 0.2) is 17.5 Å². The summed E-state index contributed by atoms with van der Waals surface area (Å²) in [5.74, 6) is 1.86. The summed E-state index contributed by atoms with van der Waals surface area (Å²) in [6.07, 6.45) is 0. The molecule has 2 aromatic heterocycles. The Kier molecular flexibility index (Phi) is 5.54. The quantitative estimate of drug-likeness (QED) is 0.202. The van der Waals surface area contributed by atoms with E-state index in [1.165, 1.54) is 33.0 Å². The molecule has 2 heterocycles. The zero-order valence-electron chi connectivity index (χ0n) is 25.2. The summed E-state index contributed by atoms with van der Waals surface area (Å²) >= 11 is 0. The van der Waals surface area contributed by atoms with Crippen LogP contribution in [0.1, 0.15) is 0 Å². The van der Waals surface area contributed by atoms with Crippen LogP contribution in [0.3, 0.4) is 0 Å². The first kappa shape index (κ1) is 25.9. The number of nitrogens with zero attached hydrogens (tertiary/aromatic N) is 3. The third-order valence-electron chi connectivity index (χ3n) is 9.25. The number of aromatic nitrogens is 3. The van der Waals surface area contributed by atoms with Gasteiger partial charge in [0, 0.05) is 27.5 Å². The molecule has 0 atom stereocenters. The van der Waals surface area contributed by atoms with E-state index in [0.29, 0.717) is 17.5 Å². The van der Waals surface area contributed by atoms with Crippen LogP contribution in [0, 0.1) is 0 Å². The van der Waals surface area contributed by atoms with Crippen LogP contribution in [-0.4, -0.2) is 15.0 Å². The van der Waals surface area contributed by atoms with Crippen LogP contribution >= 0.6 is 0 Å². The normalized spacial score (nSPS) is 11.8. The summed E-state index contributed by atoms with van der Waals surface area (Å²) in [7, 11) is 0. The standard InChI is InChI=1S/C43H25N3O/c1-2-11-26(12-3-1)41-44-42(46-43(45-41)35-20-10-22-38-40(35)34-18-6-7-21-37(34)47-38)29-15-8-13-27(23-29)30-24-28-14-9-19-33-31-16-4-5-17-32(31)36(25-30)39(28)33/h1-25H. The Bertz CT molecular complexity index is 2690. The summed E-state index contributed by atoms with van der Waals surface area (Å²) in [5.41, 5.74) is 11.9. The van der Waals surface area contributed by atoms with Crippen LogP contribution in [-0.2, 0) is 0 Å². The fourth-order valence-electron chi connectivity index (χ4n) is 7.12. The van der Waals surface area contributed by atoms with E-state index >= 15 is 0 Å². The number of hydrogen-bond acceptors (Lipinski definition) is 4. The van der Waals surface area contributed by atoms with E-state index in [1.807, 2.05) is 60.7 Å². The van der Waals surface area contributed by atoms with Gasteiger partial charge in [0.2, 0.25) is 0 Å². The molecule has 0 N–H and O–H groups in total. The molecule has 4 heteroatoms. The molecular formula is C43H25N3O. The molecule has 218 valence electrons. The molecule has 0 fully saturated rings. The van der Waals surface area contributed by atoms with E-state index in [9.17, 15) is 0 Å². The van der Waals surface area contributed by atoms with E-state index in [0.717, 1.165) is 49.8 Å². The second-order valence-electron chi connectivity index (χ2n) is 12.0. The second-order valence-corrected chi connectivity index (χ2v) is 12.0. The lowest BCUT2D eigenvalue weighted by atomic mass is 9.95. The molecule has 0 spiro atoms.